The van der Waals surface area contributed by atoms with E-state index in [2.05, 4.69) is 6.92 Å². The van der Waals surface area contributed by atoms with E-state index in [9.17, 15) is 0 Å². The zero-order valence-electron chi connectivity index (χ0n) is 8.73. The molecule has 0 aromatic heterocycles. The van der Waals surface area contributed by atoms with Gasteiger partial charge in [-0.3, -0.25) is 0 Å². The van der Waals surface area contributed by atoms with Crippen molar-refractivity contribution in [2.75, 3.05) is 6.61 Å². The molecule has 3 heteroatoms. The summed E-state index contributed by atoms with van der Waals surface area (Å²) in [7, 11) is 0. The topological polar surface area (TPSA) is 20.2 Å². The van der Waals surface area contributed by atoms with Crippen molar-refractivity contribution in [2.45, 2.75) is 57.2 Å². The van der Waals surface area contributed by atoms with Crippen molar-refractivity contribution in [3.8, 4) is 0 Å². The van der Waals surface area contributed by atoms with E-state index in [1.54, 1.807) is 6.92 Å². The highest BCUT2D eigenvalue weighted by molar-refractivity contribution is 6.44. The van der Waals surface area contributed by atoms with Gasteiger partial charge in [-0.05, 0) is 13.3 Å². The first-order chi connectivity index (χ1) is 6.18. The number of hydrogen-bond donors (Lipinski definition) is 1. The highest BCUT2D eigenvalue weighted by atomic mass is 35.5. The van der Waals surface area contributed by atoms with Crippen molar-refractivity contribution in [3.05, 3.63) is 0 Å². The molecule has 0 spiro atoms. The molecule has 0 aromatic rings. The number of unbranched alkanes of at least 4 members (excludes halogenated alkanes) is 4. The molecule has 0 aliphatic rings. The van der Waals surface area contributed by atoms with Crippen LogP contribution in [0.4, 0.5) is 0 Å². The standard InChI is InChI=1S/C8H16Cl2.C2H6O/c1-2-3-4-5-6-7-8(9)10;1-2-3/h8H,2-7H2,1H3;3H,2H2,1H3. The molecule has 0 fully saturated rings. The van der Waals surface area contributed by atoms with Gasteiger partial charge in [0.25, 0.3) is 0 Å². The van der Waals surface area contributed by atoms with Crippen LogP contribution in [0.15, 0.2) is 0 Å². The molecule has 0 rings (SSSR count). The number of aliphatic hydroxyl groups is 1. The van der Waals surface area contributed by atoms with E-state index in [0.29, 0.717) is 0 Å². The lowest BCUT2D eigenvalue weighted by molar-refractivity contribution is 0.318. The average molecular weight is 229 g/mol. The van der Waals surface area contributed by atoms with Crippen LogP contribution in [0.25, 0.3) is 0 Å². The molecule has 13 heavy (non-hydrogen) atoms. The van der Waals surface area contributed by atoms with Crippen LogP contribution in [0.3, 0.4) is 0 Å². The number of rotatable bonds is 6. The van der Waals surface area contributed by atoms with Crippen LogP contribution in [0.2, 0.25) is 0 Å². The summed E-state index contributed by atoms with van der Waals surface area (Å²) in [6, 6.07) is 0. The highest BCUT2D eigenvalue weighted by Crippen LogP contribution is 2.13. The second-order valence-corrected chi connectivity index (χ2v) is 4.19. The van der Waals surface area contributed by atoms with Gasteiger partial charge >= 0.3 is 0 Å². The summed E-state index contributed by atoms with van der Waals surface area (Å²) in [4.78, 5) is -0.151. The Morgan fingerprint density at radius 2 is 1.46 bits per heavy atom. The van der Waals surface area contributed by atoms with E-state index in [4.69, 9.17) is 28.3 Å². The number of hydrogen-bond acceptors (Lipinski definition) is 1. The summed E-state index contributed by atoms with van der Waals surface area (Å²) in [6.45, 7) is 4.14. The molecule has 0 radical (unpaired) electrons. The quantitative estimate of drug-likeness (QED) is 0.535. The summed E-state index contributed by atoms with van der Waals surface area (Å²) >= 11 is 11.1. The summed E-state index contributed by atoms with van der Waals surface area (Å²) in [6.07, 6.45) is 7.38. The summed E-state index contributed by atoms with van der Waals surface area (Å²) < 4.78 is 0. The van der Waals surface area contributed by atoms with Crippen LogP contribution in [0, 0.1) is 0 Å². The van der Waals surface area contributed by atoms with Gasteiger partial charge in [0.2, 0.25) is 0 Å². The first kappa shape index (κ1) is 16.0. The zero-order valence-corrected chi connectivity index (χ0v) is 10.2. The van der Waals surface area contributed by atoms with Crippen LogP contribution in [-0.2, 0) is 0 Å². The van der Waals surface area contributed by atoms with Gasteiger partial charge in [0.1, 0.15) is 4.84 Å². The first-order valence-corrected chi connectivity index (χ1v) is 5.95. The zero-order chi connectivity index (χ0) is 10.5. The molecule has 0 aliphatic carbocycles. The van der Waals surface area contributed by atoms with Gasteiger partial charge in [-0.2, -0.15) is 0 Å². The molecule has 0 aromatic carbocycles. The van der Waals surface area contributed by atoms with E-state index in [-0.39, 0.29) is 11.4 Å². The van der Waals surface area contributed by atoms with Gasteiger partial charge in [0, 0.05) is 6.61 Å². The lowest BCUT2D eigenvalue weighted by Gasteiger charge is -1.99. The van der Waals surface area contributed by atoms with Crippen LogP contribution < -0.4 is 0 Å². The van der Waals surface area contributed by atoms with Gasteiger partial charge in [-0.15, -0.1) is 23.2 Å². The maximum absolute atomic E-state index is 7.57. The van der Waals surface area contributed by atoms with Gasteiger partial charge in [-0.25, -0.2) is 0 Å². The molecular formula is C10H22Cl2O. The first-order valence-electron chi connectivity index (χ1n) is 5.08. The van der Waals surface area contributed by atoms with Crippen LogP contribution in [-0.4, -0.2) is 16.5 Å². The Kier molecular flexibility index (Phi) is 18.5. The Balaban J connectivity index is 0. The average Bonchev–Trinajstić information content (AvgIpc) is 2.05. The molecule has 0 unspecified atom stereocenters. The normalized spacial score (nSPS) is 9.69. The van der Waals surface area contributed by atoms with E-state index in [1.807, 2.05) is 0 Å². The lowest BCUT2D eigenvalue weighted by atomic mass is 10.1. The molecule has 0 bridgehead atoms. The van der Waals surface area contributed by atoms with Crippen molar-refractivity contribution in [3.63, 3.8) is 0 Å². The number of aliphatic hydroxyl groups excluding tert-OH is 1. The molecule has 1 nitrogen and oxygen atoms in total. The molecular weight excluding hydrogens is 207 g/mol. The minimum absolute atomic E-state index is 0.151. The van der Waals surface area contributed by atoms with Crippen LogP contribution >= 0.6 is 23.2 Å². The molecule has 0 saturated heterocycles. The predicted molar refractivity (Wildman–Crippen MR) is 61.6 cm³/mol. The van der Waals surface area contributed by atoms with Gasteiger partial charge in [-0.1, -0.05) is 39.0 Å². The Bertz CT molecular complexity index is 77.3. The van der Waals surface area contributed by atoms with E-state index < -0.39 is 0 Å². The minimum atomic E-state index is -0.151. The summed E-state index contributed by atoms with van der Waals surface area (Å²) in [5, 5.41) is 7.57. The Hall–Kier alpha value is 0.540. The third-order valence-electron chi connectivity index (χ3n) is 1.53. The maximum Gasteiger partial charge on any atom is 0.107 e. The van der Waals surface area contributed by atoms with E-state index >= 15 is 0 Å². The fourth-order valence-electron chi connectivity index (χ4n) is 0.902. The fraction of sp³-hybridized carbons (Fsp3) is 1.00. The van der Waals surface area contributed by atoms with Crippen molar-refractivity contribution < 1.29 is 5.11 Å². The minimum Gasteiger partial charge on any atom is -0.397 e. The molecule has 0 aliphatic heterocycles. The molecule has 0 atom stereocenters. The van der Waals surface area contributed by atoms with Gasteiger partial charge in [0.15, 0.2) is 0 Å². The molecule has 82 valence electrons. The lowest BCUT2D eigenvalue weighted by Crippen LogP contribution is -1.86. The van der Waals surface area contributed by atoms with Gasteiger partial charge < -0.3 is 5.11 Å². The third kappa shape index (κ3) is 24.5. The largest absolute Gasteiger partial charge is 0.397 e. The van der Waals surface area contributed by atoms with Crippen LogP contribution in [0.5, 0.6) is 0 Å². The smallest absolute Gasteiger partial charge is 0.107 e. The van der Waals surface area contributed by atoms with Crippen molar-refractivity contribution in [1.29, 1.82) is 0 Å². The Morgan fingerprint density at radius 1 is 1.00 bits per heavy atom. The third-order valence-corrected chi connectivity index (χ3v) is 1.96. The van der Waals surface area contributed by atoms with Gasteiger partial charge in [0.05, 0.1) is 0 Å². The predicted octanol–water partition coefficient (Wildman–Crippen LogP) is 4.15. The summed E-state index contributed by atoms with van der Waals surface area (Å²) in [5.74, 6) is 0. The number of alkyl halides is 2. The number of halogens is 2. The monoisotopic (exact) mass is 228 g/mol. The highest BCUT2D eigenvalue weighted by Gasteiger charge is 1.96. The van der Waals surface area contributed by atoms with Crippen LogP contribution in [0.1, 0.15) is 52.4 Å². The SMILES string of the molecule is CCCCCCCC(Cl)Cl.CCO. The maximum atomic E-state index is 7.57. The molecule has 0 saturated carbocycles. The molecule has 1 N–H and O–H groups in total. The molecule has 0 heterocycles. The fourth-order valence-corrected chi connectivity index (χ4v) is 1.21. The van der Waals surface area contributed by atoms with E-state index in [0.717, 1.165) is 6.42 Å². The van der Waals surface area contributed by atoms with E-state index in [1.165, 1.54) is 32.1 Å². The van der Waals surface area contributed by atoms with Crippen molar-refractivity contribution in [2.24, 2.45) is 0 Å². The molecule has 0 amide bonds. The second-order valence-electron chi connectivity index (χ2n) is 2.91. The Morgan fingerprint density at radius 3 is 1.85 bits per heavy atom. The second kappa shape index (κ2) is 15.0. The van der Waals surface area contributed by atoms with Crippen molar-refractivity contribution >= 4 is 23.2 Å². The van der Waals surface area contributed by atoms with Crippen molar-refractivity contribution in [1.82, 2.24) is 0 Å². The summed E-state index contributed by atoms with van der Waals surface area (Å²) in [5.41, 5.74) is 0. The Labute approximate surface area is 92.4 Å².